The van der Waals surface area contributed by atoms with Crippen LogP contribution in [0, 0.1) is 0 Å². The Morgan fingerprint density at radius 3 is 2.43 bits per heavy atom. The highest BCUT2D eigenvalue weighted by molar-refractivity contribution is 7.07. The fourth-order valence-corrected chi connectivity index (χ4v) is 7.06. The number of carbonyl (C=O) groups is 3. The number of rotatable bonds is 10. The fraction of sp³-hybridized carbons (Fsp3) is 0.286. The molecule has 4 aromatic rings. The van der Waals surface area contributed by atoms with E-state index >= 15 is 0 Å². The highest BCUT2D eigenvalue weighted by atomic mass is 32.1. The minimum atomic E-state index is -0.894. The van der Waals surface area contributed by atoms with Crippen LogP contribution in [0.15, 0.2) is 92.4 Å². The van der Waals surface area contributed by atoms with Gasteiger partial charge in [0.1, 0.15) is 10.3 Å². The SMILES string of the molecule is CCCCCCCN1C(=O)/C(=c2/sc3n(c2=O)C(c2ccc(OC(=O)c4ccco4)cc2)C(C(=O)OC)=C(C)N=3)c2ccccc21. The predicted molar refractivity (Wildman–Crippen MR) is 172 cm³/mol. The molecule has 0 bridgehead atoms. The molecule has 0 spiro atoms. The largest absolute Gasteiger partial charge is 0.466 e. The molecule has 2 aliphatic heterocycles. The number of hydrogen-bond donors (Lipinski definition) is 0. The summed E-state index contributed by atoms with van der Waals surface area (Å²) in [5.74, 6) is -1.20. The summed E-state index contributed by atoms with van der Waals surface area (Å²) in [7, 11) is 1.27. The zero-order chi connectivity index (χ0) is 32.4. The van der Waals surface area contributed by atoms with Gasteiger partial charge in [-0.2, -0.15) is 0 Å². The van der Waals surface area contributed by atoms with E-state index in [-0.39, 0.29) is 27.5 Å². The van der Waals surface area contributed by atoms with Crippen LogP contribution in [0.3, 0.4) is 0 Å². The Morgan fingerprint density at radius 2 is 1.72 bits per heavy atom. The smallest absolute Gasteiger partial charge is 0.379 e. The van der Waals surface area contributed by atoms with Gasteiger partial charge in [-0.3, -0.25) is 14.2 Å². The van der Waals surface area contributed by atoms with Gasteiger partial charge < -0.3 is 18.8 Å². The van der Waals surface area contributed by atoms with Crippen molar-refractivity contribution in [3.63, 3.8) is 0 Å². The zero-order valence-corrected chi connectivity index (χ0v) is 26.6. The van der Waals surface area contributed by atoms with Crippen molar-refractivity contribution in [3.8, 4) is 5.75 Å². The summed E-state index contributed by atoms with van der Waals surface area (Å²) in [6.45, 7) is 4.42. The standard InChI is InChI=1S/C35H33N3O7S/c1-4-5-6-7-10-19-37-25-13-9-8-12-24(25)28(31(37)39)30-32(40)38-29(27(34(42)43-3)21(2)36-35(38)46-30)22-15-17-23(18-16-22)45-33(41)26-14-11-20-44-26/h8-9,11-18,20,29H,4-7,10,19H2,1-3H3/b30-28+. The second kappa shape index (κ2) is 13.1. The van der Waals surface area contributed by atoms with E-state index < -0.39 is 23.5 Å². The summed E-state index contributed by atoms with van der Waals surface area (Å²) >= 11 is 1.13. The van der Waals surface area contributed by atoms with E-state index in [0.717, 1.165) is 49.1 Å². The molecule has 1 unspecified atom stereocenters. The summed E-state index contributed by atoms with van der Waals surface area (Å²) in [6, 6.07) is 16.2. The Morgan fingerprint density at radius 1 is 0.957 bits per heavy atom. The fourth-order valence-electron chi connectivity index (χ4n) is 5.92. The minimum Gasteiger partial charge on any atom is -0.466 e. The Hall–Kier alpha value is -5.03. The molecule has 0 saturated heterocycles. The average Bonchev–Trinajstić information content (AvgIpc) is 3.78. The molecule has 236 valence electrons. The number of hydrogen-bond acceptors (Lipinski definition) is 9. The van der Waals surface area contributed by atoms with Crippen LogP contribution in [0.25, 0.3) is 5.57 Å². The molecule has 11 heteroatoms. The van der Waals surface area contributed by atoms with Crippen molar-refractivity contribution >= 4 is 40.4 Å². The van der Waals surface area contributed by atoms with Gasteiger partial charge in [-0.15, -0.1) is 0 Å². The lowest BCUT2D eigenvalue weighted by atomic mass is 9.96. The number of esters is 2. The van der Waals surface area contributed by atoms with Gasteiger partial charge in [-0.05, 0) is 49.2 Å². The molecular weight excluding hydrogens is 606 g/mol. The predicted octanol–water partition coefficient (Wildman–Crippen LogP) is 4.91. The van der Waals surface area contributed by atoms with Crippen molar-refractivity contribution in [1.82, 2.24) is 4.57 Å². The Kier molecular flexibility index (Phi) is 8.85. The zero-order valence-electron chi connectivity index (χ0n) is 25.8. The van der Waals surface area contributed by atoms with Gasteiger partial charge in [0.2, 0.25) is 5.76 Å². The maximum absolute atomic E-state index is 14.4. The number of unbranched alkanes of at least 4 members (excludes halogenated alkanes) is 4. The van der Waals surface area contributed by atoms with Crippen LogP contribution in [0.4, 0.5) is 5.69 Å². The Bertz CT molecular complexity index is 2020. The van der Waals surface area contributed by atoms with Crippen LogP contribution in [0.5, 0.6) is 5.75 Å². The summed E-state index contributed by atoms with van der Waals surface area (Å²) in [6.07, 6.45) is 6.67. The number of allylic oxidation sites excluding steroid dienone is 1. The number of nitrogens with zero attached hydrogens (tertiary/aromatic N) is 3. The van der Waals surface area contributed by atoms with E-state index in [1.165, 1.54) is 24.0 Å². The molecule has 0 saturated carbocycles. The van der Waals surface area contributed by atoms with Gasteiger partial charge in [0, 0.05) is 12.1 Å². The summed E-state index contributed by atoms with van der Waals surface area (Å²) in [5.41, 5.74) is 2.55. The highest BCUT2D eigenvalue weighted by Crippen LogP contribution is 2.36. The molecule has 0 N–H and O–H groups in total. The van der Waals surface area contributed by atoms with E-state index in [1.807, 2.05) is 24.3 Å². The quantitative estimate of drug-likeness (QED) is 0.137. The van der Waals surface area contributed by atoms with Crippen molar-refractivity contribution < 1.29 is 28.3 Å². The summed E-state index contributed by atoms with van der Waals surface area (Å²) in [5, 5.41) is 0. The van der Waals surface area contributed by atoms with Gasteiger partial charge in [0.15, 0.2) is 4.80 Å². The molecule has 1 amide bonds. The first-order valence-electron chi connectivity index (χ1n) is 15.2. The minimum absolute atomic E-state index is 0.0575. The van der Waals surface area contributed by atoms with Crippen molar-refractivity contribution in [2.75, 3.05) is 18.6 Å². The first kappa shape index (κ1) is 31.0. The van der Waals surface area contributed by atoms with Gasteiger partial charge in [0.05, 0.1) is 41.9 Å². The number of ether oxygens (including phenoxy) is 2. The van der Waals surface area contributed by atoms with Crippen molar-refractivity contribution in [3.05, 3.63) is 115 Å². The summed E-state index contributed by atoms with van der Waals surface area (Å²) in [4.78, 5) is 60.6. The van der Waals surface area contributed by atoms with E-state index in [1.54, 1.807) is 42.2 Å². The molecule has 46 heavy (non-hydrogen) atoms. The molecule has 6 rings (SSSR count). The number of thiazole rings is 1. The van der Waals surface area contributed by atoms with Crippen molar-refractivity contribution in [2.24, 2.45) is 4.99 Å². The number of fused-ring (bicyclic) bond motifs is 2. The first-order valence-corrected chi connectivity index (χ1v) is 16.1. The van der Waals surface area contributed by atoms with E-state index in [0.29, 0.717) is 33.7 Å². The van der Waals surface area contributed by atoms with Gasteiger partial charge in [-0.25, -0.2) is 14.6 Å². The van der Waals surface area contributed by atoms with Crippen LogP contribution in [0.1, 0.15) is 73.7 Å². The maximum atomic E-state index is 14.4. The number of amides is 1. The van der Waals surface area contributed by atoms with E-state index in [9.17, 15) is 19.2 Å². The van der Waals surface area contributed by atoms with Gasteiger partial charge >= 0.3 is 11.9 Å². The van der Waals surface area contributed by atoms with Crippen LogP contribution in [-0.4, -0.2) is 36.1 Å². The molecule has 0 aliphatic carbocycles. The van der Waals surface area contributed by atoms with E-state index in [4.69, 9.17) is 13.9 Å². The van der Waals surface area contributed by atoms with Gasteiger partial charge in [-0.1, -0.05) is 74.3 Å². The summed E-state index contributed by atoms with van der Waals surface area (Å²) < 4.78 is 17.3. The Labute approximate surface area is 268 Å². The normalized spacial score (nSPS) is 16.6. The second-order valence-corrected chi connectivity index (χ2v) is 12.1. The number of methoxy groups -OCH3 is 1. The third kappa shape index (κ3) is 5.62. The topological polar surface area (TPSA) is 120 Å². The number of carbonyl (C=O) groups excluding carboxylic acids is 3. The molecular formula is C35H33N3O7S. The first-order chi connectivity index (χ1) is 22.3. The molecule has 0 fully saturated rings. The van der Waals surface area contributed by atoms with Crippen molar-refractivity contribution in [1.29, 1.82) is 0 Å². The maximum Gasteiger partial charge on any atom is 0.379 e. The van der Waals surface area contributed by atoms with Crippen LogP contribution < -0.4 is 24.5 Å². The second-order valence-electron chi connectivity index (χ2n) is 11.1. The lowest BCUT2D eigenvalue weighted by Crippen LogP contribution is -2.41. The lowest BCUT2D eigenvalue weighted by molar-refractivity contribution is -0.136. The monoisotopic (exact) mass is 639 g/mol. The number of benzene rings is 2. The van der Waals surface area contributed by atoms with Gasteiger partial charge in [0.25, 0.3) is 11.5 Å². The number of aromatic nitrogens is 1. The highest BCUT2D eigenvalue weighted by Gasteiger charge is 2.37. The molecule has 10 nitrogen and oxygen atoms in total. The molecule has 4 heterocycles. The average molecular weight is 640 g/mol. The number of para-hydroxylation sites is 1. The Balaban J connectivity index is 1.43. The lowest BCUT2D eigenvalue weighted by Gasteiger charge is -2.24. The molecule has 2 aromatic heterocycles. The third-order valence-electron chi connectivity index (χ3n) is 8.17. The van der Waals surface area contributed by atoms with Crippen LogP contribution in [-0.2, 0) is 14.3 Å². The van der Waals surface area contributed by atoms with Crippen LogP contribution >= 0.6 is 11.3 Å². The molecule has 2 aromatic carbocycles. The molecule has 0 radical (unpaired) electrons. The van der Waals surface area contributed by atoms with Crippen LogP contribution in [0.2, 0.25) is 0 Å². The number of anilines is 1. The number of furan rings is 1. The third-order valence-corrected chi connectivity index (χ3v) is 9.22. The van der Waals surface area contributed by atoms with E-state index in [2.05, 4.69) is 11.9 Å². The molecule has 1 atom stereocenters. The van der Waals surface area contributed by atoms with Crippen molar-refractivity contribution in [2.45, 2.75) is 52.0 Å². The molecule has 2 aliphatic rings.